The summed E-state index contributed by atoms with van der Waals surface area (Å²) in [5, 5.41) is 36.4. The molecule has 0 fully saturated rings. The van der Waals surface area contributed by atoms with Crippen LogP contribution in [0.2, 0.25) is 0 Å². The fourth-order valence-corrected chi connectivity index (χ4v) is 7.84. The topological polar surface area (TPSA) is 203 Å². The fourth-order valence-electron chi connectivity index (χ4n) is 7.84. The van der Waals surface area contributed by atoms with Crippen molar-refractivity contribution in [1.29, 1.82) is 0 Å². The van der Waals surface area contributed by atoms with E-state index in [1.165, 1.54) is 0 Å². The Morgan fingerprint density at radius 3 is 1.70 bits per heavy atom. The first-order chi connectivity index (χ1) is 30.8. The summed E-state index contributed by atoms with van der Waals surface area (Å²) in [5.41, 5.74) is 3.68. The Morgan fingerprint density at radius 1 is 0.641 bits per heavy atom. The van der Waals surface area contributed by atoms with Crippen LogP contribution in [0.1, 0.15) is 96.3 Å². The molecule has 0 aliphatic carbocycles. The van der Waals surface area contributed by atoms with Gasteiger partial charge in [-0.2, -0.15) is 9.97 Å². The third-order valence-electron chi connectivity index (χ3n) is 12.2. The SMILES string of the molecule is CCCC[C@](C)(Nc1nc(NCc2cc(C(CC)C[C@](C)(Nc3nc(NCc4ccc(OC)cc4OC)nc4cccnc34)[C@H](C)O)c(OC)cc2OC)nc2cccnc12)[C@@H](C)O. The van der Waals surface area contributed by atoms with Crippen LogP contribution >= 0.6 is 0 Å². The Labute approximate surface area is 376 Å². The standard InChI is InChI=1S/C48H64N10O6/c1-11-13-20-47(5,29(3)59)57-43-41-36(16-14-21-49-41)54-46(55-43)52-28-33-23-35(40(64-10)25-39(33)63-9)31(12-2)26-48(6,30(4)60)58-44-42-37(17-15-22-50-42)53-45(56-44)51-27-32-18-19-34(61-7)24-38(32)62-8/h14-19,21-25,29-31,59-60H,11-13,20,26-28H2,1-10H3,(H2,51,53,56,58)(H2,52,54,55,57)/t29-,30+,31?,47+,48+/m1/s1. The predicted molar refractivity (Wildman–Crippen MR) is 253 cm³/mol. The molecule has 0 radical (unpaired) electrons. The van der Waals surface area contributed by atoms with Crippen molar-refractivity contribution in [2.45, 2.75) is 116 Å². The van der Waals surface area contributed by atoms with Gasteiger partial charge in [-0.1, -0.05) is 26.7 Å². The molecule has 6 aromatic rings. The molecule has 0 saturated heterocycles. The van der Waals surface area contributed by atoms with Crippen LogP contribution in [-0.2, 0) is 13.1 Å². The zero-order valence-electron chi connectivity index (χ0n) is 38.7. The van der Waals surface area contributed by atoms with Gasteiger partial charge in [-0.3, -0.25) is 9.97 Å². The number of benzene rings is 2. The molecule has 0 aliphatic heterocycles. The average molecular weight is 877 g/mol. The van der Waals surface area contributed by atoms with Crippen molar-refractivity contribution in [2.75, 3.05) is 49.7 Å². The molecular formula is C48H64N10O6. The number of aliphatic hydroxyl groups is 2. The largest absolute Gasteiger partial charge is 0.497 e. The monoisotopic (exact) mass is 877 g/mol. The van der Waals surface area contributed by atoms with E-state index in [2.05, 4.69) is 51.1 Å². The highest BCUT2D eigenvalue weighted by Crippen LogP contribution is 2.41. The van der Waals surface area contributed by atoms with E-state index in [9.17, 15) is 10.2 Å². The van der Waals surface area contributed by atoms with Crippen molar-refractivity contribution in [1.82, 2.24) is 29.9 Å². The molecule has 0 amide bonds. The lowest BCUT2D eigenvalue weighted by atomic mass is 9.79. The molecule has 0 bridgehead atoms. The average Bonchev–Trinajstić information content (AvgIpc) is 3.30. The zero-order chi connectivity index (χ0) is 46.0. The van der Waals surface area contributed by atoms with Crippen molar-refractivity contribution in [2.24, 2.45) is 0 Å². The van der Waals surface area contributed by atoms with Gasteiger partial charge in [-0.05, 0) is 101 Å². The minimum atomic E-state index is -0.895. The second kappa shape index (κ2) is 20.9. The lowest BCUT2D eigenvalue weighted by Crippen LogP contribution is -2.46. The second-order valence-corrected chi connectivity index (χ2v) is 16.7. The first-order valence-electron chi connectivity index (χ1n) is 21.9. The van der Waals surface area contributed by atoms with Crippen molar-refractivity contribution in [3.05, 3.63) is 83.7 Å². The summed E-state index contributed by atoms with van der Waals surface area (Å²) < 4.78 is 22.9. The number of aromatic nitrogens is 6. The molecule has 1 unspecified atom stereocenters. The summed E-state index contributed by atoms with van der Waals surface area (Å²) in [7, 11) is 6.52. The number of pyridine rings is 2. The number of hydrogen-bond donors (Lipinski definition) is 6. The third kappa shape index (κ3) is 10.7. The number of methoxy groups -OCH3 is 4. The smallest absolute Gasteiger partial charge is 0.225 e. The lowest BCUT2D eigenvalue weighted by molar-refractivity contribution is 0.112. The summed E-state index contributed by atoms with van der Waals surface area (Å²) in [6.07, 6.45) is 5.88. The summed E-state index contributed by atoms with van der Waals surface area (Å²) in [6, 6.07) is 17.1. The lowest BCUT2D eigenvalue weighted by Gasteiger charge is -2.38. The van der Waals surface area contributed by atoms with E-state index in [-0.39, 0.29) is 5.92 Å². The molecule has 4 aromatic heterocycles. The number of unbranched alkanes of at least 4 members (excludes halogenated alkanes) is 1. The first-order valence-corrected chi connectivity index (χ1v) is 21.9. The number of rotatable bonds is 23. The summed E-state index contributed by atoms with van der Waals surface area (Å²) in [6.45, 7) is 12.6. The van der Waals surface area contributed by atoms with Crippen LogP contribution < -0.4 is 40.2 Å². The maximum atomic E-state index is 11.6. The van der Waals surface area contributed by atoms with E-state index < -0.39 is 23.3 Å². The number of aliphatic hydroxyl groups excluding tert-OH is 2. The molecule has 64 heavy (non-hydrogen) atoms. The van der Waals surface area contributed by atoms with Gasteiger partial charge in [0.2, 0.25) is 11.9 Å². The number of anilines is 4. The predicted octanol–water partition coefficient (Wildman–Crippen LogP) is 8.50. The van der Waals surface area contributed by atoms with Gasteiger partial charge in [0.15, 0.2) is 11.6 Å². The first kappa shape index (κ1) is 47.2. The molecule has 0 aliphatic rings. The highest BCUT2D eigenvalue weighted by atomic mass is 16.5. The van der Waals surface area contributed by atoms with Crippen LogP contribution in [0.3, 0.4) is 0 Å². The van der Waals surface area contributed by atoms with Crippen LogP contribution in [0.25, 0.3) is 22.1 Å². The number of nitrogens with zero attached hydrogens (tertiary/aromatic N) is 6. The Hall–Kier alpha value is -6.26. The minimum Gasteiger partial charge on any atom is -0.497 e. The van der Waals surface area contributed by atoms with E-state index in [1.807, 2.05) is 62.4 Å². The van der Waals surface area contributed by atoms with E-state index in [0.29, 0.717) is 88.1 Å². The molecule has 0 saturated carbocycles. The normalized spacial score (nSPS) is 14.8. The van der Waals surface area contributed by atoms with Gasteiger partial charge in [0.1, 0.15) is 34.0 Å². The Morgan fingerprint density at radius 2 is 1.19 bits per heavy atom. The van der Waals surface area contributed by atoms with Crippen molar-refractivity contribution in [3.63, 3.8) is 0 Å². The van der Waals surface area contributed by atoms with Gasteiger partial charge in [0, 0.05) is 48.7 Å². The highest BCUT2D eigenvalue weighted by molar-refractivity contribution is 5.87. The molecule has 2 aromatic carbocycles. The van der Waals surface area contributed by atoms with Gasteiger partial charge in [-0.15, -0.1) is 0 Å². The van der Waals surface area contributed by atoms with Gasteiger partial charge in [-0.25, -0.2) is 9.97 Å². The molecule has 16 heteroatoms. The summed E-state index contributed by atoms with van der Waals surface area (Å²) >= 11 is 0. The molecule has 6 rings (SSSR count). The molecular weight excluding hydrogens is 813 g/mol. The number of fused-ring (bicyclic) bond motifs is 2. The molecule has 0 spiro atoms. The molecule has 5 atom stereocenters. The van der Waals surface area contributed by atoms with Crippen LogP contribution in [0, 0.1) is 0 Å². The number of nitrogens with one attached hydrogen (secondary N) is 4. The maximum Gasteiger partial charge on any atom is 0.225 e. The highest BCUT2D eigenvalue weighted by Gasteiger charge is 2.36. The summed E-state index contributed by atoms with van der Waals surface area (Å²) in [5.74, 6) is 4.38. The molecule has 342 valence electrons. The Kier molecular flexibility index (Phi) is 15.5. The fraction of sp³-hybridized carbons (Fsp3) is 0.458. The van der Waals surface area contributed by atoms with E-state index in [4.69, 9.17) is 38.9 Å². The van der Waals surface area contributed by atoms with Gasteiger partial charge in [0.05, 0.1) is 62.8 Å². The third-order valence-corrected chi connectivity index (χ3v) is 12.2. The van der Waals surface area contributed by atoms with E-state index >= 15 is 0 Å². The van der Waals surface area contributed by atoms with Crippen molar-refractivity contribution in [3.8, 4) is 23.0 Å². The second-order valence-electron chi connectivity index (χ2n) is 16.7. The summed E-state index contributed by atoms with van der Waals surface area (Å²) in [4.78, 5) is 28.6. The zero-order valence-corrected chi connectivity index (χ0v) is 38.7. The van der Waals surface area contributed by atoms with Crippen LogP contribution in [0.15, 0.2) is 67.0 Å². The van der Waals surface area contributed by atoms with Gasteiger partial charge < -0.3 is 50.4 Å². The number of ether oxygens (including phenoxy) is 4. The maximum absolute atomic E-state index is 11.6. The van der Waals surface area contributed by atoms with E-state index in [0.717, 1.165) is 42.4 Å². The van der Waals surface area contributed by atoms with Crippen LogP contribution in [0.5, 0.6) is 23.0 Å². The quantitative estimate of drug-likeness (QED) is 0.0357. The van der Waals surface area contributed by atoms with Crippen molar-refractivity contribution >= 4 is 45.6 Å². The Bertz CT molecular complexity index is 2510. The molecule has 4 heterocycles. The molecule has 16 nitrogen and oxygen atoms in total. The molecule has 6 N–H and O–H groups in total. The minimum absolute atomic E-state index is 0.0898. The van der Waals surface area contributed by atoms with E-state index in [1.54, 1.807) is 54.7 Å². The van der Waals surface area contributed by atoms with Crippen LogP contribution in [0.4, 0.5) is 23.5 Å². The van der Waals surface area contributed by atoms with Gasteiger partial charge in [0.25, 0.3) is 0 Å². The Balaban J connectivity index is 1.29. The number of hydrogen-bond acceptors (Lipinski definition) is 16. The van der Waals surface area contributed by atoms with Crippen LogP contribution in [-0.4, -0.2) is 91.8 Å². The van der Waals surface area contributed by atoms with Crippen molar-refractivity contribution < 1.29 is 29.2 Å². The van der Waals surface area contributed by atoms with Gasteiger partial charge >= 0.3 is 0 Å².